The zero-order valence-electron chi connectivity index (χ0n) is 22.7. The van der Waals surface area contributed by atoms with Gasteiger partial charge in [-0.05, 0) is 30.7 Å². The van der Waals surface area contributed by atoms with Crippen molar-refractivity contribution in [3.63, 3.8) is 0 Å². The molecule has 1 aromatic heterocycles. The SMILES string of the molecule is COc1cc(NC(=O)C2=C(C)Nc3ncnn3[C@@H]2c2ccc(OCc3ccccc3F)c(OC)c2)c(OC)cc1Cl. The minimum Gasteiger partial charge on any atom is -0.495 e. The van der Waals surface area contributed by atoms with E-state index in [1.54, 1.807) is 60.1 Å². The van der Waals surface area contributed by atoms with Gasteiger partial charge in [0.2, 0.25) is 5.95 Å². The van der Waals surface area contributed by atoms with E-state index in [2.05, 4.69) is 20.7 Å². The number of allylic oxidation sites excluding steroid dienone is 1. The van der Waals surface area contributed by atoms with Crippen LogP contribution in [0.3, 0.4) is 0 Å². The molecule has 4 aromatic rings. The lowest BCUT2D eigenvalue weighted by atomic mass is 9.94. The number of hydrogen-bond donors (Lipinski definition) is 2. The van der Waals surface area contributed by atoms with Crippen molar-refractivity contribution in [2.75, 3.05) is 32.0 Å². The number of rotatable bonds is 9. The molecule has 0 spiro atoms. The molecule has 212 valence electrons. The topological polar surface area (TPSA) is 109 Å². The number of hydrogen-bond acceptors (Lipinski definition) is 8. The van der Waals surface area contributed by atoms with Gasteiger partial charge in [0.05, 0.1) is 37.6 Å². The lowest BCUT2D eigenvalue weighted by Gasteiger charge is -2.29. The maximum Gasteiger partial charge on any atom is 0.255 e. The summed E-state index contributed by atoms with van der Waals surface area (Å²) < 4.78 is 38.0. The molecule has 1 amide bonds. The summed E-state index contributed by atoms with van der Waals surface area (Å²) in [5.74, 6) is 1.25. The number of aromatic nitrogens is 3. The molecule has 0 fully saturated rings. The summed E-state index contributed by atoms with van der Waals surface area (Å²) in [7, 11) is 4.47. The zero-order valence-corrected chi connectivity index (χ0v) is 23.5. The van der Waals surface area contributed by atoms with Gasteiger partial charge < -0.3 is 29.6 Å². The normalized spacial score (nSPS) is 14.1. The Morgan fingerprint density at radius 2 is 1.78 bits per heavy atom. The molecule has 0 bridgehead atoms. The van der Waals surface area contributed by atoms with Crippen molar-refractivity contribution in [1.82, 2.24) is 14.8 Å². The number of nitrogens with one attached hydrogen (secondary N) is 2. The Labute approximate surface area is 240 Å². The minimum absolute atomic E-state index is 0.0159. The molecule has 12 heteroatoms. The smallest absolute Gasteiger partial charge is 0.255 e. The molecule has 0 saturated carbocycles. The predicted octanol–water partition coefficient (Wildman–Crippen LogP) is 5.60. The van der Waals surface area contributed by atoms with Gasteiger partial charge in [-0.25, -0.2) is 9.07 Å². The third kappa shape index (κ3) is 5.48. The molecule has 2 N–H and O–H groups in total. The number of anilines is 2. The third-order valence-electron chi connectivity index (χ3n) is 6.61. The van der Waals surface area contributed by atoms with Crippen molar-refractivity contribution >= 4 is 29.1 Å². The second-order valence-corrected chi connectivity index (χ2v) is 9.43. The van der Waals surface area contributed by atoms with E-state index in [9.17, 15) is 9.18 Å². The van der Waals surface area contributed by atoms with Gasteiger partial charge in [0.15, 0.2) is 11.5 Å². The molecule has 0 unspecified atom stereocenters. The van der Waals surface area contributed by atoms with Crippen molar-refractivity contribution in [3.05, 3.63) is 94.2 Å². The second kappa shape index (κ2) is 11.8. The number of amides is 1. The molecular formula is C29H27ClFN5O5. The highest BCUT2D eigenvalue weighted by Gasteiger charge is 2.34. The molecule has 3 aromatic carbocycles. The van der Waals surface area contributed by atoms with Crippen molar-refractivity contribution in [2.45, 2.75) is 19.6 Å². The van der Waals surface area contributed by atoms with Crippen molar-refractivity contribution in [3.8, 4) is 23.0 Å². The van der Waals surface area contributed by atoms with Crippen LogP contribution < -0.4 is 29.6 Å². The van der Waals surface area contributed by atoms with E-state index >= 15 is 0 Å². The van der Waals surface area contributed by atoms with E-state index in [1.807, 2.05) is 0 Å². The van der Waals surface area contributed by atoms with E-state index in [4.69, 9.17) is 30.5 Å². The fraction of sp³-hybridized carbons (Fsp3) is 0.207. The standard InChI is InChI=1S/C29H27ClFN5O5/c1-16-26(28(37)35-21-13-23(38-2)19(30)12-24(21)39-3)27(36-29(34-16)32-15-33-36)17-9-10-22(25(11-17)40-4)41-14-18-7-5-6-8-20(18)31/h5-13,15,27H,14H2,1-4H3,(H,35,37)(H,32,33,34)/t27-/m1/s1. The molecule has 1 atom stereocenters. The average Bonchev–Trinajstić information content (AvgIpc) is 3.44. The average molecular weight is 580 g/mol. The summed E-state index contributed by atoms with van der Waals surface area (Å²) in [5, 5.41) is 10.8. The summed E-state index contributed by atoms with van der Waals surface area (Å²) in [6, 6.07) is 14.1. The molecule has 0 saturated heterocycles. The number of ether oxygens (including phenoxy) is 4. The quantitative estimate of drug-likeness (QED) is 0.264. The first kappa shape index (κ1) is 27.8. The van der Waals surface area contributed by atoms with Crippen molar-refractivity contribution < 1.29 is 28.1 Å². The molecule has 1 aliphatic heterocycles. The van der Waals surface area contributed by atoms with Crippen molar-refractivity contribution in [2.24, 2.45) is 0 Å². The van der Waals surface area contributed by atoms with E-state index in [0.29, 0.717) is 62.1 Å². The number of carbonyl (C=O) groups is 1. The van der Waals surface area contributed by atoms with Crippen molar-refractivity contribution in [1.29, 1.82) is 0 Å². The molecule has 5 rings (SSSR count). The van der Waals surface area contributed by atoms with Gasteiger partial charge in [-0.2, -0.15) is 10.1 Å². The van der Waals surface area contributed by atoms with Crippen LogP contribution in [-0.2, 0) is 11.4 Å². The Balaban J connectivity index is 1.50. The number of fused-ring (bicyclic) bond motifs is 1. The van der Waals surface area contributed by atoms with E-state index in [-0.39, 0.29) is 12.4 Å². The van der Waals surface area contributed by atoms with Crippen LogP contribution in [0.25, 0.3) is 0 Å². The number of carbonyl (C=O) groups excluding carboxylic acids is 1. The van der Waals surface area contributed by atoms with Crippen LogP contribution in [0.5, 0.6) is 23.0 Å². The third-order valence-corrected chi connectivity index (χ3v) is 6.90. The van der Waals surface area contributed by atoms with Crippen LogP contribution >= 0.6 is 11.6 Å². The Kier molecular flexibility index (Phi) is 7.97. The van der Waals surface area contributed by atoms with Crippen LogP contribution in [0.2, 0.25) is 5.02 Å². The van der Waals surface area contributed by atoms with E-state index in [0.717, 1.165) is 0 Å². The van der Waals surface area contributed by atoms with Gasteiger partial charge in [-0.15, -0.1) is 0 Å². The zero-order chi connectivity index (χ0) is 29.1. The van der Waals surface area contributed by atoms with Crippen LogP contribution in [0.1, 0.15) is 24.1 Å². The fourth-order valence-electron chi connectivity index (χ4n) is 4.59. The maximum absolute atomic E-state index is 14.1. The monoisotopic (exact) mass is 579 g/mol. The summed E-state index contributed by atoms with van der Waals surface area (Å²) in [5.41, 5.74) is 2.42. The molecule has 2 heterocycles. The summed E-state index contributed by atoms with van der Waals surface area (Å²) in [6.07, 6.45) is 1.40. The van der Waals surface area contributed by atoms with Gasteiger partial charge in [0.1, 0.15) is 36.3 Å². The molecular weight excluding hydrogens is 553 g/mol. The van der Waals surface area contributed by atoms with Crippen LogP contribution in [-0.4, -0.2) is 42.0 Å². The molecule has 1 aliphatic rings. The predicted molar refractivity (Wildman–Crippen MR) is 151 cm³/mol. The molecule has 41 heavy (non-hydrogen) atoms. The van der Waals surface area contributed by atoms with E-state index < -0.39 is 11.9 Å². The van der Waals surface area contributed by atoms with Gasteiger partial charge in [0, 0.05) is 23.4 Å². The first-order valence-electron chi connectivity index (χ1n) is 12.5. The second-order valence-electron chi connectivity index (χ2n) is 9.03. The first-order valence-corrected chi connectivity index (χ1v) is 12.9. The van der Waals surface area contributed by atoms with Gasteiger partial charge in [-0.3, -0.25) is 4.79 Å². The fourth-order valence-corrected chi connectivity index (χ4v) is 4.82. The van der Waals surface area contributed by atoms with E-state index in [1.165, 1.54) is 33.7 Å². The lowest BCUT2D eigenvalue weighted by molar-refractivity contribution is -0.113. The number of halogens is 2. The number of benzene rings is 3. The highest BCUT2D eigenvalue weighted by molar-refractivity contribution is 6.32. The minimum atomic E-state index is -0.677. The van der Waals surface area contributed by atoms with Gasteiger partial charge in [0.25, 0.3) is 5.91 Å². The van der Waals surface area contributed by atoms with Gasteiger partial charge >= 0.3 is 0 Å². The van der Waals surface area contributed by atoms with Gasteiger partial charge in [-0.1, -0.05) is 35.9 Å². The largest absolute Gasteiger partial charge is 0.495 e. The first-order chi connectivity index (χ1) is 19.8. The summed E-state index contributed by atoms with van der Waals surface area (Å²) >= 11 is 6.25. The Morgan fingerprint density at radius 1 is 1.02 bits per heavy atom. The Bertz CT molecular complexity index is 1640. The number of nitrogens with zero attached hydrogens (tertiary/aromatic N) is 3. The molecule has 0 radical (unpaired) electrons. The Morgan fingerprint density at radius 3 is 2.51 bits per heavy atom. The summed E-state index contributed by atoms with van der Waals surface area (Å²) in [4.78, 5) is 18.2. The number of methoxy groups -OCH3 is 3. The maximum atomic E-state index is 14.1. The van der Waals surface area contributed by atoms with Crippen LogP contribution in [0, 0.1) is 5.82 Å². The van der Waals surface area contributed by atoms with Crippen LogP contribution in [0.15, 0.2) is 72.2 Å². The summed E-state index contributed by atoms with van der Waals surface area (Å²) in [6.45, 7) is 1.80. The Hall–Kier alpha value is -4.77. The lowest BCUT2D eigenvalue weighted by Crippen LogP contribution is -2.31. The highest BCUT2D eigenvalue weighted by Crippen LogP contribution is 2.41. The molecule has 0 aliphatic carbocycles. The molecule has 10 nitrogen and oxygen atoms in total. The van der Waals surface area contributed by atoms with Crippen LogP contribution in [0.4, 0.5) is 16.0 Å². The highest BCUT2D eigenvalue weighted by atomic mass is 35.5.